The van der Waals surface area contributed by atoms with Crippen LogP contribution in [0, 0.1) is 5.92 Å². The summed E-state index contributed by atoms with van der Waals surface area (Å²) in [6.07, 6.45) is 4.19. The van der Waals surface area contributed by atoms with E-state index < -0.39 is 0 Å². The largest absolute Gasteiger partial charge is 0.459 e. The molecular formula is C25H32O4. The molecule has 0 radical (unpaired) electrons. The molecule has 29 heavy (non-hydrogen) atoms. The van der Waals surface area contributed by atoms with Crippen LogP contribution in [0.25, 0.3) is 11.1 Å². The van der Waals surface area contributed by atoms with Crippen molar-refractivity contribution in [2.75, 3.05) is 0 Å². The van der Waals surface area contributed by atoms with Gasteiger partial charge in [-0.2, -0.15) is 0 Å². The summed E-state index contributed by atoms with van der Waals surface area (Å²) >= 11 is 0. The predicted octanol–water partition coefficient (Wildman–Crippen LogP) is 6.43. The second-order valence-corrected chi connectivity index (χ2v) is 7.46. The normalized spacial score (nSPS) is 11.9. The van der Waals surface area contributed by atoms with Crippen molar-refractivity contribution in [1.29, 1.82) is 0 Å². The maximum Gasteiger partial charge on any atom is 0.338 e. The Morgan fingerprint density at radius 3 is 1.93 bits per heavy atom. The smallest absolute Gasteiger partial charge is 0.338 e. The molecule has 4 heteroatoms. The van der Waals surface area contributed by atoms with Crippen LogP contribution in [0.1, 0.15) is 70.2 Å². The van der Waals surface area contributed by atoms with Gasteiger partial charge in [-0.25, -0.2) is 4.79 Å². The number of hydrogen-bond acceptors (Lipinski definition) is 4. The lowest BCUT2D eigenvalue weighted by Crippen LogP contribution is -2.18. The van der Waals surface area contributed by atoms with Crippen molar-refractivity contribution < 1.29 is 19.1 Å². The molecule has 156 valence electrons. The molecule has 0 aliphatic rings. The molecule has 0 spiro atoms. The number of hydrogen-bond donors (Lipinski definition) is 0. The maximum absolute atomic E-state index is 12.4. The van der Waals surface area contributed by atoms with Crippen LogP contribution in [-0.4, -0.2) is 18.0 Å². The minimum Gasteiger partial charge on any atom is -0.459 e. The van der Waals surface area contributed by atoms with Gasteiger partial charge < -0.3 is 9.47 Å². The van der Waals surface area contributed by atoms with Gasteiger partial charge in [-0.05, 0) is 61.1 Å². The van der Waals surface area contributed by atoms with Crippen LogP contribution >= 0.6 is 0 Å². The van der Waals surface area contributed by atoms with Gasteiger partial charge in [0.2, 0.25) is 0 Å². The third-order valence-corrected chi connectivity index (χ3v) is 5.12. The fraction of sp³-hybridized carbons (Fsp3) is 0.440. The third-order valence-electron chi connectivity index (χ3n) is 5.12. The van der Waals surface area contributed by atoms with Crippen LogP contribution in [0.3, 0.4) is 0 Å². The molecule has 0 N–H and O–H groups in total. The Bertz CT molecular complexity index is 773. The van der Waals surface area contributed by atoms with E-state index in [1.165, 1.54) is 0 Å². The first-order chi connectivity index (χ1) is 14.0. The molecule has 4 nitrogen and oxygen atoms in total. The minimum absolute atomic E-state index is 0.0879. The van der Waals surface area contributed by atoms with Crippen LogP contribution in [-0.2, 0) is 9.53 Å². The molecule has 0 amide bonds. The second kappa shape index (κ2) is 11.4. The predicted molar refractivity (Wildman–Crippen MR) is 116 cm³/mol. The van der Waals surface area contributed by atoms with Gasteiger partial charge >= 0.3 is 11.9 Å². The van der Waals surface area contributed by atoms with Crippen molar-refractivity contribution in [2.24, 2.45) is 5.92 Å². The fourth-order valence-corrected chi connectivity index (χ4v) is 3.29. The van der Waals surface area contributed by atoms with Crippen molar-refractivity contribution in [3.8, 4) is 16.9 Å². The SMILES string of the molecule is CCCC(=O)Oc1ccc(-c2ccc(C(=O)O[C@H](C)CC(CC)CC)cc2)cc1. The maximum atomic E-state index is 12.4. The van der Waals surface area contributed by atoms with Crippen molar-refractivity contribution >= 4 is 11.9 Å². The summed E-state index contributed by atoms with van der Waals surface area (Å²) in [5, 5.41) is 0. The molecule has 0 aromatic heterocycles. The molecule has 1 atom stereocenters. The number of carbonyl (C=O) groups excluding carboxylic acids is 2. The van der Waals surface area contributed by atoms with Crippen LogP contribution in [0.4, 0.5) is 0 Å². The Morgan fingerprint density at radius 2 is 1.41 bits per heavy atom. The van der Waals surface area contributed by atoms with Gasteiger partial charge in [0.05, 0.1) is 11.7 Å². The zero-order valence-electron chi connectivity index (χ0n) is 17.9. The number of benzene rings is 2. The van der Waals surface area contributed by atoms with Crippen molar-refractivity contribution in [2.45, 2.75) is 65.9 Å². The summed E-state index contributed by atoms with van der Waals surface area (Å²) in [5.41, 5.74) is 2.52. The Morgan fingerprint density at radius 1 is 0.862 bits per heavy atom. The van der Waals surface area contributed by atoms with Crippen molar-refractivity contribution in [3.05, 3.63) is 54.1 Å². The van der Waals surface area contributed by atoms with Crippen LogP contribution < -0.4 is 4.74 Å². The quantitative estimate of drug-likeness (QED) is 0.343. The number of rotatable bonds is 10. The zero-order chi connectivity index (χ0) is 21.2. The van der Waals surface area contributed by atoms with Gasteiger partial charge in [0.1, 0.15) is 5.75 Å². The summed E-state index contributed by atoms with van der Waals surface area (Å²) in [6, 6.07) is 14.8. The first-order valence-electron chi connectivity index (χ1n) is 10.6. The summed E-state index contributed by atoms with van der Waals surface area (Å²) in [5.74, 6) is 0.623. The Hall–Kier alpha value is -2.62. The molecule has 0 aliphatic carbocycles. The van der Waals surface area contributed by atoms with E-state index in [0.29, 0.717) is 23.7 Å². The van der Waals surface area contributed by atoms with E-state index in [-0.39, 0.29) is 18.0 Å². The topological polar surface area (TPSA) is 52.6 Å². The van der Waals surface area contributed by atoms with E-state index in [4.69, 9.17) is 9.47 Å². The van der Waals surface area contributed by atoms with E-state index in [0.717, 1.165) is 36.8 Å². The van der Waals surface area contributed by atoms with Gasteiger partial charge in [-0.3, -0.25) is 4.79 Å². The molecule has 2 aromatic carbocycles. The molecule has 0 unspecified atom stereocenters. The summed E-state index contributed by atoms with van der Waals surface area (Å²) in [7, 11) is 0. The lowest BCUT2D eigenvalue weighted by atomic mass is 9.97. The molecule has 0 saturated heterocycles. The summed E-state index contributed by atoms with van der Waals surface area (Å²) in [6.45, 7) is 8.24. The highest BCUT2D eigenvalue weighted by Gasteiger charge is 2.15. The highest BCUT2D eigenvalue weighted by molar-refractivity contribution is 5.90. The Balaban J connectivity index is 1.97. The highest BCUT2D eigenvalue weighted by Crippen LogP contribution is 2.24. The van der Waals surface area contributed by atoms with E-state index in [2.05, 4.69) is 13.8 Å². The first-order valence-corrected chi connectivity index (χ1v) is 10.6. The van der Waals surface area contributed by atoms with Crippen molar-refractivity contribution in [1.82, 2.24) is 0 Å². The third kappa shape index (κ3) is 7.04. The minimum atomic E-state index is -0.284. The monoisotopic (exact) mass is 396 g/mol. The average Bonchev–Trinajstić information content (AvgIpc) is 2.72. The zero-order valence-corrected chi connectivity index (χ0v) is 17.9. The van der Waals surface area contributed by atoms with E-state index in [9.17, 15) is 9.59 Å². The van der Waals surface area contributed by atoms with Gasteiger partial charge in [0.25, 0.3) is 0 Å². The molecule has 2 aromatic rings. The molecular weight excluding hydrogens is 364 g/mol. The molecule has 0 aliphatic heterocycles. The van der Waals surface area contributed by atoms with Gasteiger partial charge in [-0.15, -0.1) is 0 Å². The van der Waals surface area contributed by atoms with E-state index in [1.807, 2.05) is 38.1 Å². The Kier molecular flexibility index (Phi) is 8.91. The number of esters is 2. The number of ether oxygens (including phenoxy) is 2. The Labute approximate surface area is 174 Å². The first kappa shape index (κ1) is 22.7. The fourth-order valence-electron chi connectivity index (χ4n) is 3.29. The molecule has 0 saturated carbocycles. The standard InChI is InChI=1S/C25H32O4/c1-5-8-24(26)29-23-15-13-21(14-16-23)20-9-11-22(12-10-20)25(27)28-18(4)17-19(6-2)7-3/h9-16,18-19H,5-8,17H2,1-4H3/t18-/m1/s1. The van der Waals surface area contributed by atoms with Crippen LogP contribution in [0.2, 0.25) is 0 Å². The van der Waals surface area contributed by atoms with Gasteiger partial charge in [0.15, 0.2) is 0 Å². The molecule has 0 fully saturated rings. The van der Waals surface area contributed by atoms with Gasteiger partial charge in [0, 0.05) is 6.42 Å². The van der Waals surface area contributed by atoms with Crippen molar-refractivity contribution in [3.63, 3.8) is 0 Å². The van der Waals surface area contributed by atoms with E-state index >= 15 is 0 Å². The summed E-state index contributed by atoms with van der Waals surface area (Å²) in [4.78, 5) is 24.0. The van der Waals surface area contributed by atoms with E-state index in [1.54, 1.807) is 24.3 Å². The highest BCUT2D eigenvalue weighted by atomic mass is 16.5. The summed E-state index contributed by atoms with van der Waals surface area (Å²) < 4.78 is 10.9. The lowest BCUT2D eigenvalue weighted by Gasteiger charge is -2.18. The molecule has 0 bridgehead atoms. The van der Waals surface area contributed by atoms with Gasteiger partial charge in [-0.1, -0.05) is 57.9 Å². The van der Waals surface area contributed by atoms with Crippen LogP contribution in [0.5, 0.6) is 5.75 Å². The van der Waals surface area contributed by atoms with Crippen LogP contribution in [0.15, 0.2) is 48.5 Å². The second-order valence-electron chi connectivity index (χ2n) is 7.46. The molecule has 0 heterocycles. The number of carbonyl (C=O) groups is 2. The lowest BCUT2D eigenvalue weighted by molar-refractivity contribution is -0.134. The molecule has 2 rings (SSSR count). The average molecular weight is 397 g/mol.